The monoisotopic (exact) mass is 712 g/mol. The van der Waals surface area contributed by atoms with Crippen LogP contribution < -0.4 is 17.0 Å². The summed E-state index contributed by atoms with van der Waals surface area (Å²) in [6.07, 6.45) is -2.23. The number of imidazole rings is 1. The maximum atomic E-state index is 13.7. The zero-order valence-electron chi connectivity index (χ0n) is 24.7. The zero-order valence-corrected chi connectivity index (χ0v) is 27.3. The molecule has 1 spiro atoms. The molecule has 7 N–H and O–H groups in total. The van der Waals surface area contributed by atoms with Crippen molar-refractivity contribution in [2.75, 3.05) is 31.8 Å². The third kappa shape index (κ3) is 4.97. The van der Waals surface area contributed by atoms with E-state index in [9.17, 15) is 23.7 Å². The Kier molecular flexibility index (Phi) is 7.23. The Bertz CT molecular complexity index is 2060. The average Bonchev–Trinajstić information content (AvgIpc) is 3.30. The van der Waals surface area contributed by atoms with Gasteiger partial charge >= 0.3 is 15.6 Å². The number of ether oxygens (including phenoxy) is 2. The zero-order chi connectivity index (χ0) is 33.0. The Morgan fingerprint density at radius 2 is 1.94 bits per heavy atom. The largest absolute Gasteiger partial charge is 0.472 e. The number of nitrogen functional groups attached to an aromatic ring is 2. The Hall–Kier alpha value is -2.87. The lowest BCUT2D eigenvalue weighted by molar-refractivity contribution is -0.0419. The number of hydrogen-bond donors (Lipinski definition) is 5. The molecule has 47 heavy (non-hydrogen) atoms. The molecular weight excluding hydrogens is 682 g/mol. The third-order valence-electron chi connectivity index (χ3n) is 9.63. The van der Waals surface area contributed by atoms with E-state index < -0.39 is 69.7 Å². The minimum atomic E-state index is -4.86. The first-order valence-corrected chi connectivity index (χ1v) is 18.4. The number of methoxy groups -OCH3 is 1. The molecule has 4 fully saturated rings. The molecule has 6 heterocycles. The van der Waals surface area contributed by atoms with Gasteiger partial charge in [-0.1, -0.05) is 6.92 Å². The molecule has 0 amide bonds. The van der Waals surface area contributed by atoms with Crippen LogP contribution in [-0.2, 0) is 36.7 Å². The smallest absolute Gasteiger partial charge is 0.382 e. The number of nitrogens with one attached hydrogen (secondary N) is 1. The number of phosphoric ester groups is 2. The van der Waals surface area contributed by atoms with Crippen molar-refractivity contribution in [3.8, 4) is 0 Å². The van der Waals surface area contributed by atoms with Crippen LogP contribution in [0.5, 0.6) is 0 Å². The second-order valence-corrected chi connectivity index (χ2v) is 15.9. The molecule has 4 aliphatic rings. The number of H-pyrrole nitrogens is 1. The molecule has 11 atom stereocenters. The molecule has 2 saturated heterocycles. The van der Waals surface area contributed by atoms with Crippen molar-refractivity contribution in [3.63, 3.8) is 0 Å². The van der Waals surface area contributed by atoms with Gasteiger partial charge in [0.1, 0.15) is 36.3 Å². The van der Waals surface area contributed by atoms with E-state index in [1.165, 1.54) is 13.4 Å². The quantitative estimate of drug-likeness (QED) is 0.189. The van der Waals surface area contributed by atoms with E-state index in [1.54, 1.807) is 11.7 Å². The molecule has 4 aromatic heterocycles. The molecule has 252 valence electrons. The third-order valence-corrected chi connectivity index (χ3v) is 12.6. The maximum Gasteiger partial charge on any atom is 0.472 e. The lowest BCUT2D eigenvalue weighted by Crippen LogP contribution is -2.36. The standard InChI is InChI=1S/C25H30N8O11P2S/c1-9-15(33-8-30-14-21(26)28-7-29-22(14)33)11-3-25(11)6-41-46(37,38)43-17-16(39-2)12(4-40-45(35,36)44-20(9)25)42-18(17)19-13-10(5-47-19)23(34)32-24(27)31-13/h5,7-9,11-12,15-18,20H,3-4,6H2,1-2H3,(H,35,36)(H,37,38)(H2,26,28,29)(H3,27,31,32,34)/t9-,11+,12+,15-,16+,17+,18+,20-,25?/m0/s1. The molecule has 22 heteroatoms. The molecule has 2 aliphatic heterocycles. The predicted octanol–water partition coefficient (Wildman–Crippen LogP) is 1.66. The fourth-order valence-electron chi connectivity index (χ4n) is 7.57. The first kappa shape index (κ1) is 31.4. The molecule has 19 nitrogen and oxygen atoms in total. The van der Waals surface area contributed by atoms with Gasteiger partial charge in [0.05, 0.1) is 41.4 Å². The van der Waals surface area contributed by atoms with Crippen molar-refractivity contribution in [1.29, 1.82) is 0 Å². The van der Waals surface area contributed by atoms with Crippen molar-refractivity contribution >= 4 is 60.8 Å². The summed E-state index contributed by atoms with van der Waals surface area (Å²) in [4.78, 5) is 54.4. The first-order valence-electron chi connectivity index (χ1n) is 14.5. The van der Waals surface area contributed by atoms with E-state index in [0.717, 1.165) is 11.3 Å². The summed E-state index contributed by atoms with van der Waals surface area (Å²) >= 11 is 1.09. The lowest BCUT2D eigenvalue weighted by atomic mass is 9.94. The van der Waals surface area contributed by atoms with Crippen LogP contribution in [0.1, 0.15) is 30.4 Å². The molecule has 2 bridgehead atoms. The van der Waals surface area contributed by atoms with Gasteiger partial charge in [-0.3, -0.25) is 27.9 Å². The van der Waals surface area contributed by atoms with Gasteiger partial charge < -0.3 is 35.3 Å². The molecule has 8 rings (SSSR count). The summed E-state index contributed by atoms with van der Waals surface area (Å²) in [5.74, 6) is -0.607. The van der Waals surface area contributed by atoms with E-state index in [2.05, 4.69) is 24.9 Å². The second kappa shape index (κ2) is 10.8. The van der Waals surface area contributed by atoms with Gasteiger partial charge in [-0.05, 0) is 12.3 Å². The van der Waals surface area contributed by atoms with Gasteiger partial charge in [0.2, 0.25) is 5.95 Å². The molecule has 2 aliphatic carbocycles. The maximum absolute atomic E-state index is 13.7. The molecule has 0 aromatic carbocycles. The highest BCUT2D eigenvalue weighted by Crippen LogP contribution is 2.73. The van der Waals surface area contributed by atoms with Gasteiger partial charge in [-0.2, -0.15) is 0 Å². The fraction of sp³-hybridized carbons (Fsp3) is 0.560. The second-order valence-electron chi connectivity index (χ2n) is 12.2. The fourth-order valence-corrected chi connectivity index (χ4v) is 10.7. The van der Waals surface area contributed by atoms with E-state index in [-0.39, 0.29) is 41.2 Å². The number of thiophene rings is 1. The minimum absolute atomic E-state index is 0.144. The summed E-state index contributed by atoms with van der Waals surface area (Å²) in [6.45, 7) is 0.970. The van der Waals surface area contributed by atoms with Crippen LogP contribution >= 0.6 is 27.0 Å². The van der Waals surface area contributed by atoms with E-state index in [1.807, 2.05) is 11.5 Å². The van der Waals surface area contributed by atoms with Crippen LogP contribution in [-0.4, -0.2) is 84.0 Å². The van der Waals surface area contributed by atoms with E-state index in [4.69, 9.17) is 39.0 Å². The van der Waals surface area contributed by atoms with Crippen molar-refractivity contribution in [2.24, 2.45) is 17.3 Å². The van der Waals surface area contributed by atoms with Crippen molar-refractivity contribution in [2.45, 2.75) is 49.9 Å². The summed E-state index contributed by atoms with van der Waals surface area (Å²) in [5.41, 5.74) is 11.4. The van der Waals surface area contributed by atoms with Crippen LogP contribution in [0.2, 0.25) is 0 Å². The predicted molar refractivity (Wildman–Crippen MR) is 163 cm³/mol. The van der Waals surface area contributed by atoms with E-state index >= 15 is 0 Å². The number of nitrogens with two attached hydrogens (primary N) is 2. The number of nitrogens with zero attached hydrogens (tertiary/aromatic N) is 5. The number of hydrogen-bond acceptors (Lipinski definition) is 16. The van der Waals surface area contributed by atoms with Gasteiger partial charge in [0, 0.05) is 29.9 Å². The number of aromatic amines is 1. The Morgan fingerprint density at radius 1 is 1.15 bits per heavy atom. The van der Waals surface area contributed by atoms with Gasteiger partial charge in [-0.25, -0.2) is 29.1 Å². The molecule has 2 saturated carbocycles. The molecule has 3 unspecified atom stereocenters. The van der Waals surface area contributed by atoms with Crippen molar-refractivity contribution < 1.29 is 46.5 Å². The van der Waals surface area contributed by atoms with Crippen LogP contribution in [0, 0.1) is 17.3 Å². The highest BCUT2D eigenvalue weighted by atomic mass is 32.1. The normalized spacial score (nSPS) is 40.4. The average molecular weight is 713 g/mol. The Balaban J connectivity index is 1.15. The van der Waals surface area contributed by atoms with Crippen LogP contribution in [0.4, 0.5) is 11.8 Å². The van der Waals surface area contributed by atoms with Gasteiger partial charge in [-0.15, -0.1) is 11.3 Å². The summed E-state index contributed by atoms with van der Waals surface area (Å²) in [7, 11) is -8.32. The summed E-state index contributed by atoms with van der Waals surface area (Å²) in [6, 6.07) is -0.355. The topological polar surface area (TPSA) is 271 Å². The number of aromatic nitrogens is 6. The first-order chi connectivity index (χ1) is 22.3. The minimum Gasteiger partial charge on any atom is -0.382 e. The Labute approximate surface area is 268 Å². The lowest BCUT2D eigenvalue weighted by Gasteiger charge is -2.31. The summed E-state index contributed by atoms with van der Waals surface area (Å²) in [5, 5.41) is 1.76. The SMILES string of the molecule is CO[C@H]1[C@H]2OP(=O)(O)OCC34C[C@@H]3[C@@H](n3cnc5c(N)ncnc53)[C@H](C)[C@@H]4OP(=O)(O)OC[C@H]1O[C@H]2c1scc2c(=O)[nH]c(N)nc12. The Morgan fingerprint density at radius 3 is 2.72 bits per heavy atom. The van der Waals surface area contributed by atoms with Gasteiger partial charge in [0.25, 0.3) is 5.56 Å². The highest BCUT2D eigenvalue weighted by molar-refractivity contribution is 7.47. The molecular formula is C25H30N8O11P2S. The number of fused-ring (bicyclic) bond motifs is 4. The van der Waals surface area contributed by atoms with Crippen LogP contribution in [0.3, 0.4) is 0 Å². The number of rotatable bonds is 3. The van der Waals surface area contributed by atoms with Gasteiger partial charge in [0.15, 0.2) is 11.5 Å². The summed E-state index contributed by atoms with van der Waals surface area (Å²) < 4.78 is 63.6. The van der Waals surface area contributed by atoms with Crippen molar-refractivity contribution in [3.05, 3.63) is 33.3 Å². The van der Waals surface area contributed by atoms with Crippen LogP contribution in [0.15, 0.2) is 22.8 Å². The van der Waals surface area contributed by atoms with Crippen LogP contribution in [0.25, 0.3) is 22.1 Å². The molecule has 0 radical (unpaired) electrons. The number of anilines is 2. The van der Waals surface area contributed by atoms with Crippen molar-refractivity contribution in [1.82, 2.24) is 29.5 Å². The molecule has 4 aromatic rings. The van der Waals surface area contributed by atoms with E-state index in [0.29, 0.717) is 22.5 Å². The number of phosphoric acid groups is 2. The highest BCUT2D eigenvalue weighted by Gasteiger charge is 2.73.